The first-order chi connectivity index (χ1) is 9.54. The van der Waals surface area contributed by atoms with E-state index in [2.05, 4.69) is 0 Å². The zero-order valence-corrected chi connectivity index (χ0v) is 10.7. The number of aliphatic hydroxyl groups excluding tert-OH is 1. The van der Waals surface area contributed by atoms with E-state index < -0.39 is 41.1 Å². The van der Waals surface area contributed by atoms with Crippen LogP contribution in [-0.2, 0) is 0 Å². The number of benzene rings is 1. The van der Waals surface area contributed by atoms with Crippen molar-refractivity contribution in [3.63, 3.8) is 0 Å². The van der Waals surface area contributed by atoms with Gasteiger partial charge in [-0.25, -0.2) is 0 Å². The third-order valence-electron chi connectivity index (χ3n) is 2.59. The number of aromatic hydroxyl groups is 1. The van der Waals surface area contributed by atoms with Crippen LogP contribution in [0.4, 0.5) is 18.9 Å². The standard InChI is InChI=1S/C11H11F3N2O5/c1-15(5-9(18)11(12,13)14)10(19)6-2-3-8(17)7(4-6)16(20)21/h2-4,9,17-18H,5H2,1H3/t9-/m0/s1. The second kappa shape index (κ2) is 5.95. The van der Waals surface area contributed by atoms with Crippen LogP contribution in [0, 0.1) is 10.1 Å². The molecule has 0 aliphatic carbocycles. The van der Waals surface area contributed by atoms with Crippen LogP contribution >= 0.6 is 0 Å². The normalized spacial score (nSPS) is 12.8. The second-order valence-corrected chi connectivity index (χ2v) is 4.20. The van der Waals surface area contributed by atoms with E-state index >= 15 is 0 Å². The van der Waals surface area contributed by atoms with Crippen LogP contribution in [0.5, 0.6) is 5.75 Å². The Morgan fingerprint density at radius 3 is 2.52 bits per heavy atom. The number of aliphatic hydroxyl groups is 1. The number of nitrogens with zero attached hydrogens (tertiary/aromatic N) is 2. The van der Waals surface area contributed by atoms with Crippen molar-refractivity contribution >= 4 is 11.6 Å². The number of amides is 1. The number of nitro groups is 1. The average Bonchev–Trinajstić information content (AvgIpc) is 2.36. The lowest BCUT2D eigenvalue weighted by atomic mass is 10.1. The fourth-order valence-electron chi connectivity index (χ4n) is 1.47. The van der Waals surface area contributed by atoms with Gasteiger partial charge in [0.1, 0.15) is 0 Å². The molecule has 1 aromatic rings. The number of carbonyl (C=O) groups is 1. The van der Waals surface area contributed by atoms with Gasteiger partial charge < -0.3 is 15.1 Å². The first kappa shape index (κ1) is 16.7. The molecule has 0 radical (unpaired) electrons. The van der Waals surface area contributed by atoms with Gasteiger partial charge >= 0.3 is 11.9 Å². The minimum atomic E-state index is -4.88. The Kier molecular flexibility index (Phi) is 4.73. The van der Waals surface area contributed by atoms with Gasteiger partial charge in [0, 0.05) is 18.7 Å². The van der Waals surface area contributed by atoms with Gasteiger partial charge in [0.15, 0.2) is 11.9 Å². The molecule has 0 aliphatic rings. The molecule has 0 bridgehead atoms. The molecule has 0 saturated carbocycles. The van der Waals surface area contributed by atoms with Crippen molar-refractivity contribution < 1.29 is 33.1 Å². The fourth-order valence-corrected chi connectivity index (χ4v) is 1.47. The van der Waals surface area contributed by atoms with E-state index in [4.69, 9.17) is 5.11 Å². The van der Waals surface area contributed by atoms with E-state index in [1.807, 2.05) is 0 Å². The number of nitro benzene ring substituents is 1. The molecule has 0 unspecified atom stereocenters. The van der Waals surface area contributed by atoms with E-state index in [1.165, 1.54) is 0 Å². The summed E-state index contributed by atoms with van der Waals surface area (Å²) in [5.41, 5.74) is -1.03. The lowest BCUT2D eigenvalue weighted by Gasteiger charge is -2.22. The summed E-state index contributed by atoms with van der Waals surface area (Å²) >= 11 is 0. The number of alkyl halides is 3. The van der Waals surface area contributed by atoms with Crippen LogP contribution in [0.1, 0.15) is 10.4 Å². The molecule has 1 amide bonds. The number of likely N-dealkylation sites (N-methyl/N-ethyl adjacent to an activating group) is 1. The molecule has 0 heterocycles. The maximum Gasteiger partial charge on any atom is 0.416 e. The van der Waals surface area contributed by atoms with Gasteiger partial charge in [-0.15, -0.1) is 0 Å². The number of phenols is 1. The zero-order chi connectivity index (χ0) is 16.4. The van der Waals surface area contributed by atoms with Gasteiger partial charge in [0.2, 0.25) is 0 Å². The minimum Gasteiger partial charge on any atom is -0.502 e. The highest BCUT2D eigenvalue weighted by molar-refractivity contribution is 5.95. The van der Waals surface area contributed by atoms with Crippen LogP contribution < -0.4 is 0 Å². The molecule has 0 aliphatic heterocycles. The molecule has 1 aromatic carbocycles. The number of hydrogen-bond acceptors (Lipinski definition) is 5. The Labute approximate surface area is 116 Å². The third kappa shape index (κ3) is 4.05. The molecule has 1 atom stereocenters. The highest BCUT2D eigenvalue weighted by Gasteiger charge is 2.39. The largest absolute Gasteiger partial charge is 0.502 e. The van der Waals surface area contributed by atoms with E-state index in [9.17, 15) is 33.2 Å². The maximum absolute atomic E-state index is 12.2. The van der Waals surface area contributed by atoms with Crippen molar-refractivity contribution in [1.29, 1.82) is 0 Å². The van der Waals surface area contributed by atoms with E-state index in [0.717, 1.165) is 25.2 Å². The van der Waals surface area contributed by atoms with Crippen LogP contribution in [-0.4, -0.2) is 51.8 Å². The molecular weight excluding hydrogens is 297 g/mol. The van der Waals surface area contributed by atoms with Gasteiger partial charge in [0.05, 0.1) is 11.5 Å². The number of carbonyl (C=O) groups excluding carboxylic acids is 1. The molecule has 0 aromatic heterocycles. The first-order valence-corrected chi connectivity index (χ1v) is 5.51. The highest BCUT2D eigenvalue weighted by Crippen LogP contribution is 2.27. The Morgan fingerprint density at radius 2 is 2.05 bits per heavy atom. The summed E-state index contributed by atoms with van der Waals surface area (Å²) in [7, 11) is 1.01. The van der Waals surface area contributed by atoms with Crippen molar-refractivity contribution in [2.24, 2.45) is 0 Å². The van der Waals surface area contributed by atoms with Gasteiger partial charge in [-0.1, -0.05) is 0 Å². The van der Waals surface area contributed by atoms with Crippen molar-refractivity contribution in [2.75, 3.05) is 13.6 Å². The minimum absolute atomic E-state index is 0.281. The van der Waals surface area contributed by atoms with Crippen molar-refractivity contribution in [1.82, 2.24) is 4.90 Å². The summed E-state index contributed by atoms with van der Waals surface area (Å²) < 4.78 is 36.6. The second-order valence-electron chi connectivity index (χ2n) is 4.20. The van der Waals surface area contributed by atoms with Crippen molar-refractivity contribution in [3.8, 4) is 5.75 Å². The molecule has 7 nitrogen and oxygen atoms in total. The molecule has 0 spiro atoms. The Hall–Kier alpha value is -2.36. The number of hydrogen-bond donors (Lipinski definition) is 2. The molecule has 116 valence electrons. The molecular formula is C11H11F3N2O5. The number of phenolic OH excluding ortho intramolecular Hbond substituents is 1. The quantitative estimate of drug-likeness (QED) is 0.644. The van der Waals surface area contributed by atoms with Gasteiger partial charge in [-0.05, 0) is 12.1 Å². The van der Waals surface area contributed by atoms with Gasteiger partial charge in [0.25, 0.3) is 5.91 Å². The lowest BCUT2D eigenvalue weighted by molar-refractivity contribution is -0.385. The molecule has 2 N–H and O–H groups in total. The van der Waals surface area contributed by atoms with Crippen LogP contribution in [0.3, 0.4) is 0 Å². The first-order valence-electron chi connectivity index (χ1n) is 5.51. The highest BCUT2D eigenvalue weighted by atomic mass is 19.4. The fraction of sp³-hybridized carbons (Fsp3) is 0.364. The van der Waals surface area contributed by atoms with Crippen molar-refractivity contribution in [3.05, 3.63) is 33.9 Å². The zero-order valence-electron chi connectivity index (χ0n) is 10.7. The van der Waals surface area contributed by atoms with Crippen molar-refractivity contribution in [2.45, 2.75) is 12.3 Å². The summed E-state index contributed by atoms with van der Waals surface area (Å²) in [6.45, 7) is -1.02. The molecule has 0 fully saturated rings. The topological polar surface area (TPSA) is 104 Å². The summed E-state index contributed by atoms with van der Waals surface area (Å²) in [5.74, 6) is -1.63. The Balaban J connectivity index is 2.93. The summed E-state index contributed by atoms with van der Waals surface area (Å²) in [4.78, 5) is 22.1. The summed E-state index contributed by atoms with van der Waals surface area (Å²) in [6.07, 6.45) is -7.60. The third-order valence-corrected chi connectivity index (χ3v) is 2.59. The molecule has 1 rings (SSSR count). The number of rotatable bonds is 4. The van der Waals surface area contributed by atoms with E-state index in [-0.39, 0.29) is 5.56 Å². The SMILES string of the molecule is CN(C[C@H](O)C(F)(F)F)C(=O)c1ccc(O)c([N+](=O)[O-])c1. The van der Waals surface area contributed by atoms with Crippen LogP contribution in [0.2, 0.25) is 0 Å². The molecule has 10 heteroatoms. The molecule has 21 heavy (non-hydrogen) atoms. The monoisotopic (exact) mass is 308 g/mol. The van der Waals surface area contributed by atoms with Crippen LogP contribution in [0.15, 0.2) is 18.2 Å². The lowest BCUT2D eigenvalue weighted by Crippen LogP contribution is -2.41. The number of halogens is 3. The van der Waals surface area contributed by atoms with Crippen LogP contribution in [0.25, 0.3) is 0 Å². The van der Waals surface area contributed by atoms with E-state index in [0.29, 0.717) is 4.90 Å². The molecule has 0 saturated heterocycles. The summed E-state index contributed by atoms with van der Waals surface area (Å²) in [6, 6.07) is 2.66. The average molecular weight is 308 g/mol. The Morgan fingerprint density at radius 1 is 1.48 bits per heavy atom. The summed E-state index contributed by atoms with van der Waals surface area (Å²) in [5, 5.41) is 28.7. The predicted octanol–water partition coefficient (Wildman–Crippen LogP) is 1.30. The van der Waals surface area contributed by atoms with Gasteiger partial charge in [-0.2, -0.15) is 13.2 Å². The maximum atomic E-state index is 12.2. The Bertz CT molecular complexity index is 561. The van der Waals surface area contributed by atoms with Gasteiger partial charge in [-0.3, -0.25) is 14.9 Å². The van der Waals surface area contributed by atoms with E-state index in [1.54, 1.807) is 0 Å². The smallest absolute Gasteiger partial charge is 0.416 e. The predicted molar refractivity (Wildman–Crippen MR) is 63.8 cm³/mol.